The van der Waals surface area contributed by atoms with Gasteiger partial charge >= 0.3 is 0 Å². The summed E-state index contributed by atoms with van der Waals surface area (Å²) in [5.74, 6) is 0.410. The molecule has 0 aromatic heterocycles. The molecule has 0 heterocycles. The lowest BCUT2D eigenvalue weighted by atomic mass is 10.2. The van der Waals surface area contributed by atoms with E-state index in [2.05, 4.69) is 10.5 Å². The summed E-state index contributed by atoms with van der Waals surface area (Å²) in [5.41, 5.74) is 4.47. The fourth-order valence-corrected chi connectivity index (χ4v) is 2.76. The molecule has 3 aromatic carbocycles. The SMILES string of the molecule is O=C(N/N=C/c1ccc(OCc2ccc(Cl)cc2Cl)cc1)c1ccc(O)cc1. The molecule has 7 heteroatoms. The number of aromatic hydroxyl groups is 1. The van der Waals surface area contributed by atoms with Gasteiger partial charge in [0.15, 0.2) is 0 Å². The van der Waals surface area contributed by atoms with Crippen LogP contribution in [0.4, 0.5) is 0 Å². The van der Waals surface area contributed by atoms with Gasteiger partial charge in [-0.1, -0.05) is 29.3 Å². The molecule has 0 bridgehead atoms. The molecule has 0 atom stereocenters. The zero-order valence-corrected chi connectivity index (χ0v) is 16.1. The van der Waals surface area contributed by atoms with Crippen LogP contribution in [0.2, 0.25) is 10.0 Å². The molecular formula is C21H16Cl2N2O3. The Balaban J connectivity index is 1.53. The molecule has 28 heavy (non-hydrogen) atoms. The second-order valence-corrected chi connectivity index (χ2v) is 6.68. The molecule has 0 fully saturated rings. The first kappa shape index (κ1) is 19.7. The molecule has 3 rings (SSSR count). The monoisotopic (exact) mass is 414 g/mol. The molecule has 1 amide bonds. The van der Waals surface area contributed by atoms with E-state index in [9.17, 15) is 9.90 Å². The lowest BCUT2D eigenvalue weighted by Gasteiger charge is -2.08. The van der Waals surface area contributed by atoms with Crippen LogP contribution in [0.3, 0.4) is 0 Å². The highest BCUT2D eigenvalue weighted by atomic mass is 35.5. The van der Waals surface area contributed by atoms with Gasteiger partial charge in [0.05, 0.1) is 6.21 Å². The predicted octanol–water partition coefficient (Wildman–Crippen LogP) is 5.04. The minimum Gasteiger partial charge on any atom is -0.508 e. The second kappa shape index (κ2) is 9.26. The number of hydrogen-bond donors (Lipinski definition) is 2. The van der Waals surface area contributed by atoms with Crippen LogP contribution in [0.1, 0.15) is 21.5 Å². The molecule has 0 saturated carbocycles. The van der Waals surface area contributed by atoms with Crippen LogP contribution < -0.4 is 10.2 Å². The van der Waals surface area contributed by atoms with Crippen molar-refractivity contribution >= 4 is 35.3 Å². The molecule has 2 N–H and O–H groups in total. The van der Waals surface area contributed by atoms with Gasteiger partial charge in [0.2, 0.25) is 0 Å². The lowest BCUT2D eigenvalue weighted by Crippen LogP contribution is -2.17. The van der Waals surface area contributed by atoms with Crippen molar-refractivity contribution in [1.82, 2.24) is 5.43 Å². The molecule has 3 aromatic rings. The first-order valence-electron chi connectivity index (χ1n) is 8.30. The minimum absolute atomic E-state index is 0.0979. The Labute approximate surface area is 172 Å². The number of nitrogens with one attached hydrogen (secondary N) is 1. The Morgan fingerprint density at radius 2 is 1.75 bits per heavy atom. The van der Waals surface area contributed by atoms with Crippen LogP contribution in [0, 0.1) is 0 Å². The number of benzene rings is 3. The summed E-state index contributed by atoms with van der Waals surface area (Å²) in [5, 5.41) is 14.3. The van der Waals surface area contributed by atoms with Crippen molar-refractivity contribution in [2.75, 3.05) is 0 Å². The summed E-state index contributed by atoms with van der Waals surface area (Å²) >= 11 is 12.0. The van der Waals surface area contributed by atoms with Gasteiger partial charge in [0, 0.05) is 21.2 Å². The van der Waals surface area contributed by atoms with Crippen molar-refractivity contribution in [3.63, 3.8) is 0 Å². The van der Waals surface area contributed by atoms with Gasteiger partial charge in [0.25, 0.3) is 5.91 Å². The van der Waals surface area contributed by atoms with Crippen LogP contribution >= 0.6 is 23.2 Å². The Hall–Kier alpha value is -3.02. The van der Waals surface area contributed by atoms with Crippen molar-refractivity contribution in [3.8, 4) is 11.5 Å². The number of hydrazone groups is 1. The van der Waals surface area contributed by atoms with Gasteiger partial charge in [-0.15, -0.1) is 0 Å². The summed E-state index contributed by atoms with van der Waals surface area (Å²) in [6.45, 7) is 0.326. The Kier molecular flexibility index (Phi) is 6.53. The molecule has 142 valence electrons. The van der Waals surface area contributed by atoms with Crippen molar-refractivity contribution in [3.05, 3.63) is 93.5 Å². The van der Waals surface area contributed by atoms with Gasteiger partial charge < -0.3 is 9.84 Å². The second-order valence-electron chi connectivity index (χ2n) is 5.84. The molecule has 0 unspecified atom stereocenters. The standard InChI is InChI=1S/C21H16Cl2N2O3/c22-17-6-3-16(20(23)11-17)13-28-19-9-1-14(2-10-19)12-24-25-21(27)15-4-7-18(26)8-5-15/h1-12,26H,13H2,(H,25,27)/b24-12+. The zero-order valence-electron chi connectivity index (χ0n) is 14.6. The molecular weight excluding hydrogens is 399 g/mol. The van der Waals surface area contributed by atoms with Crippen molar-refractivity contribution in [2.24, 2.45) is 5.10 Å². The number of carbonyl (C=O) groups is 1. The van der Waals surface area contributed by atoms with Crippen LogP contribution in [0.5, 0.6) is 11.5 Å². The largest absolute Gasteiger partial charge is 0.508 e. The van der Waals surface area contributed by atoms with Crippen molar-refractivity contribution in [2.45, 2.75) is 6.61 Å². The molecule has 0 saturated heterocycles. The van der Waals surface area contributed by atoms with E-state index in [4.69, 9.17) is 27.9 Å². The quantitative estimate of drug-likeness (QED) is 0.438. The Morgan fingerprint density at radius 3 is 2.43 bits per heavy atom. The van der Waals surface area contributed by atoms with Crippen LogP contribution in [0.15, 0.2) is 71.8 Å². The lowest BCUT2D eigenvalue weighted by molar-refractivity contribution is 0.0955. The minimum atomic E-state index is -0.365. The molecule has 5 nitrogen and oxygen atoms in total. The van der Waals surface area contributed by atoms with Crippen molar-refractivity contribution in [1.29, 1.82) is 0 Å². The maximum absolute atomic E-state index is 11.9. The number of phenolic OH excluding ortho intramolecular Hbond substituents is 1. The van der Waals surface area contributed by atoms with E-state index >= 15 is 0 Å². The van der Waals surface area contributed by atoms with Gasteiger partial charge in [0.1, 0.15) is 18.1 Å². The normalized spacial score (nSPS) is 10.8. The maximum Gasteiger partial charge on any atom is 0.271 e. The van der Waals surface area contributed by atoms with E-state index in [-0.39, 0.29) is 11.7 Å². The van der Waals surface area contributed by atoms with Gasteiger partial charge in [-0.05, 0) is 66.2 Å². The van der Waals surface area contributed by atoms with E-state index < -0.39 is 0 Å². The highest BCUT2D eigenvalue weighted by Crippen LogP contribution is 2.22. The van der Waals surface area contributed by atoms with Gasteiger partial charge in [-0.2, -0.15) is 5.10 Å². The highest BCUT2D eigenvalue weighted by molar-refractivity contribution is 6.35. The average Bonchev–Trinajstić information content (AvgIpc) is 2.69. The number of phenols is 1. The fraction of sp³-hybridized carbons (Fsp3) is 0.0476. The number of ether oxygens (including phenoxy) is 1. The first-order chi connectivity index (χ1) is 13.5. The van der Waals surface area contributed by atoms with Crippen LogP contribution in [0.25, 0.3) is 0 Å². The van der Waals surface area contributed by atoms with E-state index in [0.717, 1.165) is 11.1 Å². The molecule has 0 aliphatic heterocycles. The van der Waals surface area contributed by atoms with Crippen LogP contribution in [-0.4, -0.2) is 17.2 Å². The molecule has 0 spiro atoms. The Bertz CT molecular complexity index is 988. The van der Waals surface area contributed by atoms with E-state index in [1.807, 2.05) is 18.2 Å². The number of amides is 1. The fourth-order valence-electron chi connectivity index (χ4n) is 2.29. The van der Waals surface area contributed by atoms with E-state index in [1.165, 1.54) is 30.5 Å². The Morgan fingerprint density at radius 1 is 1.04 bits per heavy atom. The summed E-state index contributed by atoms with van der Waals surface area (Å²) in [6, 6.07) is 18.4. The van der Waals surface area contributed by atoms with Gasteiger partial charge in [-0.3, -0.25) is 4.79 Å². The van der Waals surface area contributed by atoms with E-state index in [0.29, 0.717) is 28.0 Å². The molecule has 0 aliphatic carbocycles. The summed E-state index contributed by atoms with van der Waals surface area (Å²) < 4.78 is 5.72. The number of carbonyl (C=O) groups excluding carboxylic acids is 1. The average molecular weight is 415 g/mol. The highest BCUT2D eigenvalue weighted by Gasteiger charge is 2.04. The molecule has 0 aliphatic rings. The van der Waals surface area contributed by atoms with E-state index in [1.54, 1.807) is 24.3 Å². The molecule has 0 radical (unpaired) electrons. The third-order valence-electron chi connectivity index (χ3n) is 3.80. The van der Waals surface area contributed by atoms with Crippen molar-refractivity contribution < 1.29 is 14.6 Å². The van der Waals surface area contributed by atoms with Crippen LogP contribution in [-0.2, 0) is 6.61 Å². The van der Waals surface area contributed by atoms with Gasteiger partial charge in [-0.25, -0.2) is 5.43 Å². The predicted molar refractivity (Wildman–Crippen MR) is 110 cm³/mol. The number of rotatable bonds is 6. The smallest absolute Gasteiger partial charge is 0.271 e. The summed E-state index contributed by atoms with van der Waals surface area (Å²) in [6.07, 6.45) is 1.53. The topological polar surface area (TPSA) is 70.9 Å². The first-order valence-corrected chi connectivity index (χ1v) is 9.06. The maximum atomic E-state index is 11.9. The number of nitrogens with zero attached hydrogens (tertiary/aromatic N) is 1. The third-order valence-corrected chi connectivity index (χ3v) is 4.39. The zero-order chi connectivity index (χ0) is 19.9. The summed E-state index contributed by atoms with van der Waals surface area (Å²) in [4.78, 5) is 11.9. The summed E-state index contributed by atoms with van der Waals surface area (Å²) in [7, 11) is 0. The number of halogens is 2. The third kappa shape index (κ3) is 5.49. The number of hydrogen-bond acceptors (Lipinski definition) is 4.